The summed E-state index contributed by atoms with van der Waals surface area (Å²) in [5.41, 5.74) is 5.74. The molecule has 0 atom stereocenters. The van der Waals surface area contributed by atoms with E-state index in [0.29, 0.717) is 17.2 Å². The molecule has 2 N–H and O–H groups in total. The van der Waals surface area contributed by atoms with Gasteiger partial charge in [0.1, 0.15) is 0 Å². The Morgan fingerprint density at radius 1 is 1.53 bits per heavy atom. The Labute approximate surface area is 102 Å². The number of anilines is 1. The molecule has 17 heavy (non-hydrogen) atoms. The molecule has 0 aliphatic carbocycles. The number of benzene rings is 1. The predicted molar refractivity (Wildman–Crippen MR) is 64.9 cm³/mol. The van der Waals surface area contributed by atoms with Crippen molar-refractivity contribution in [2.75, 3.05) is 18.1 Å². The van der Waals surface area contributed by atoms with E-state index in [1.165, 1.54) is 12.1 Å². The molecule has 1 rings (SSSR count). The molecule has 0 spiro atoms. The maximum Gasteiger partial charge on any atom is 0.316 e. The Hall–Kier alpha value is -1.76. The van der Waals surface area contributed by atoms with Gasteiger partial charge < -0.3 is 10.5 Å². The Bertz CT molecular complexity index is 436. The Balaban J connectivity index is 2.71. The third-order valence-corrected chi connectivity index (χ3v) is 2.74. The van der Waals surface area contributed by atoms with E-state index in [9.17, 15) is 14.9 Å². The quantitative estimate of drug-likeness (QED) is 0.284. The summed E-state index contributed by atoms with van der Waals surface area (Å²) < 4.78 is 4.75. The highest BCUT2D eigenvalue weighted by Gasteiger charge is 2.10. The summed E-state index contributed by atoms with van der Waals surface area (Å²) in [7, 11) is 0. The number of rotatable bonds is 5. The SMILES string of the molecule is CCOC(=O)CSc1cc(N)cc([N+](=O)[O-])c1. The third kappa shape index (κ3) is 4.31. The van der Waals surface area contributed by atoms with Gasteiger partial charge in [-0.15, -0.1) is 11.8 Å². The van der Waals surface area contributed by atoms with Crippen molar-refractivity contribution >= 4 is 29.1 Å². The van der Waals surface area contributed by atoms with Crippen LogP contribution in [0.3, 0.4) is 0 Å². The summed E-state index contributed by atoms with van der Waals surface area (Å²) in [5, 5.41) is 10.6. The Morgan fingerprint density at radius 3 is 2.82 bits per heavy atom. The van der Waals surface area contributed by atoms with Crippen LogP contribution in [0.4, 0.5) is 11.4 Å². The molecule has 0 amide bonds. The molecule has 0 saturated heterocycles. The number of hydrogen-bond donors (Lipinski definition) is 1. The van der Waals surface area contributed by atoms with Gasteiger partial charge in [0.25, 0.3) is 5.69 Å². The number of non-ortho nitro benzene ring substituents is 1. The third-order valence-electron chi connectivity index (χ3n) is 1.79. The molecule has 7 heteroatoms. The van der Waals surface area contributed by atoms with Crippen molar-refractivity contribution in [3.63, 3.8) is 0 Å². The van der Waals surface area contributed by atoms with Crippen LogP contribution in [-0.4, -0.2) is 23.3 Å². The monoisotopic (exact) mass is 256 g/mol. The largest absolute Gasteiger partial charge is 0.465 e. The lowest BCUT2D eigenvalue weighted by Crippen LogP contribution is -2.06. The maximum absolute atomic E-state index is 11.1. The minimum Gasteiger partial charge on any atom is -0.465 e. The zero-order valence-corrected chi connectivity index (χ0v) is 10.0. The second-order valence-corrected chi connectivity index (χ2v) is 4.16. The molecule has 0 aliphatic rings. The van der Waals surface area contributed by atoms with Crippen LogP contribution in [0.15, 0.2) is 23.1 Å². The van der Waals surface area contributed by atoms with Gasteiger partial charge in [-0.05, 0) is 13.0 Å². The van der Waals surface area contributed by atoms with E-state index in [0.717, 1.165) is 11.8 Å². The lowest BCUT2D eigenvalue weighted by atomic mass is 10.3. The highest BCUT2D eigenvalue weighted by Crippen LogP contribution is 2.26. The number of nitrogens with two attached hydrogens (primary N) is 1. The van der Waals surface area contributed by atoms with Gasteiger partial charge in [-0.25, -0.2) is 0 Å². The van der Waals surface area contributed by atoms with Crippen molar-refractivity contribution in [3.8, 4) is 0 Å². The van der Waals surface area contributed by atoms with Crippen molar-refractivity contribution in [1.29, 1.82) is 0 Å². The predicted octanol–water partition coefficient (Wildman–Crippen LogP) is 1.83. The molecule has 6 nitrogen and oxygen atoms in total. The first-order valence-corrected chi connectivity index (χ1v) is 5.85. The van der Waals surface area contributed by atoms with Crippen molar-refractivity contribution in [1.82, 2.24) is 0 Å². The number of hydrogen-bond acceptors (Lipinski definition) is 6. The van der Waals surface area contributed by atoms with Gasteiger partial charge >= 0.3 is 5.97 Å². The first-order chi connectivity index (χ1) is 8.02. The summed E-state index contributed by atoms with van der Waals surface area (Å²) in [5.74, 6) is -0.253. The highest BCUT2D eigenvalue weighted by atomic mass is 32.2. The van der Waals surface area contributed by atoms with E-state index in [4.69, 9.17) is 10.5 Å². The number of nitro groups is 1. The molecule has 0 unspecified atom stereocenters. The smallest absolute Gasteiger partial charge is 0.316 e. The second-order valence-electron chi connectivity index (χ2n) is 3.11. The minimum atomic E-state index is -0.523. The molecular formula is C10H12N2O4S. The summed E-state index contributed by atoms with van der Waals surface area (Å²) in [6.07, 6.45) is 0. The average molecular weight is 256 g/mol. The molecule has 1 aromatic rings. The van der Waals surface area contributed by atoms with E-state index < -0.39 is 4.92 Å². The van der Waals surface area contributed by atoms with E-state index in [-0.39, 0.29) is 17.4 Å². The van der Waals surface area contributed by atoms with Gasteiger partial charge in [0, 0.05) is 22.7 Å². The van der Waals surface area contributed by atoms with E-state index in [1.54, 1.807) is 13.0 Å². The minimum absolute atomic E-state index is 0.0867. The molecule has 1 aromatic carbocycles. The van der Waals surface area contributed by atoms with Crippen molar-refractivity contribution in [2.45, 2.75) is 11.8 Å². The number of nitro benzene ring substituents is 1. The van der Waals surface area contributed by atoms with Crippen LogP contribution < -0.4 is 5.73 Å². The fraction of sp³-hybridized carbons (Fsp3) is 0.300. The average Bonchev–Trinajstić information content (AvgIpc) is 2.26. The fourth-order valence-electron chi connectivity index (χ4n) is 1.14. The van der Waals surface area contributed by atoms with Crippen LogP contribution in [0.1, 0.15) is 6.92 Å². The number of carbonyl (C=O) groups excluding carboxylic acids is 1. The summed E-state index contributed by atoms with van der Waals surface area (Å²) in [6.45, 7) is 2.03. The number of carbonyl (C=O) groups is 1. The van der Waals surface area contributed by atoms with Gasteiger partial charge in [0.2, 0.25) is 0 Å². The van der Waals surface area contributed by atoms with Crippen LogP contribution in [0.2, 0.25) is 0 Å². The van der Waals surface area contributed by atoms with Crippen LogP contribution in [0.25, 0.3) is 0 Å². The number of nitrogen functional groups attached to an aromatic ring is 1. The van der Waals surface area contributed by atoms with Crippen LogP contribution in [0.5, 0.6) is 0 Å². The first-order valence-electron chi connectivity index (χ1n) is 4.86. The van der Waals surface area contributed by atoms with E-state index in [1.807, 2.05) is 0 Å². The molecule has 0 saturated carbocycles. The molecule has 0 heterocycles. The molecule has 0 bridgehead atoms. The lowest BCUT2D eigenvalue weighted by Gasteiger charge is -2.03. The second kappa shape index (κ2) is 6.09. The van der Waals surface area contributed by atoms with Gasteiger partial charge in [0.15, 0.2) is 0 Å². The highest BCUT2D eigenvalue weighted by molar-refractivity contribution is 8.00. The molecular weight excluding hydrogens is 244 g/mol. The topological polar surface area (TPSA) is 95.5 Å². The number of ether oxygens (including phenoxy) is 1. The van der Waals surface area contributed by atoms with Crippen molar-refractivity contribution < 1.29 is 14.5 Å². The normalized spacial score (nSPS) is 9.94. The van der Waals surface area contributed by atoms with Gasteiger partial charge in [0.05, 0.1) is 17.3 Å². The zero-order chi connectivity index (χ0) is 12.8. The summed E-state index contributed by atoms with van der Waals surface area (Å²) >= 11 is 1.16. The van der Waals surface area contributed by atoms with Crippen LogP contribution >= 0.6 is 11.8 Å². The number of esters is 1. The van der Waals surface area contributed by atoms with Crippen LogP contribution in [-0.2, 0) is 9.53 Å². The lowest BCUT2D eigenvalue weighted by molar-refractivity contribution is -0.385. The van der Waals surface area contributed by atoms with Crippen molar-refractivity contribution in [3.05, 3.63) is 28.3 Å². The molecule has 0 radical (unpaired) electrons. The molecule has 0 aromatic heterocycles. The Kier molecular flexibility index (Phi) is 4.77. The standard InChI is InChI=1S/C10H12N2O4S/c1-2-16-10(13)6-17-9-4-7(11)3-8(5-9)12(14)15/h3-5H,2,6,11H2,1H3. The number of nitrogens with zero attached hydrogens (tertiary/aromatic N) is 1. The zero-order valence-electron chi connectivity index (χ0n) is 9.21. The van der Waals surface area contributed by atoms with E-state index in [2.05, 4.69) is 0 Å². The number of thioether (sulfide) groups is 1. The van der Waals surface area contributed by atoms with Crippen LogP contribution in [0, 0.1) is 10.1 Å². The van der Waals surface area contributed by atoms with E-state index >= 15 is 0 Å². The Morgan fingerprint density at radius 2 is 2.24 bits per heavy atom. The van der Waals surface area contributed by atoms with Gasteiger partial charge in [-0.2, -0.15) is 0 Å². The molecule has 0 fully saturated rings. The summed E-state index contributed by atoms with van der Waals surface area (Å²) in [4.78, 5) is 21.8. The summed E-state index contributed by atoms with van der Waals surface area (Å²) in [6, 6.07) is 4.23. The van der Waals surface area contributed by atoms with Gasteiger partial charge in [-0.1, -0.05) is 0 Å². The molecule has 92 valence electrons. The first kappa shape index (κ1) is 13.3. The maximum atomic E-state index is 11.1. The fourth-order valence-corrected chi connectivity index (χ4v) is 1.93. The molecule has 0 aliphatic heterocycles. The van der Waals surface area contributed by atoms with Gasteiger partial charge in [-0.3, -0.25) is 14.9 Å². The van der Waals surface area contributed by atoms with Crippen molar-refractivity contribution in [2.24, 2.45) is 0 Å².